The number of hydrogen-bond acceptors (Lipinski definition) is 3. The summed E-state index contributed by atoms with van der Waals surface area (Å²) in [6.07, 6.45) is -3.49. The van der Waals surface area contributed by atoms with Crippen molar-refractivity contribution in [1.82, 2.24) is 14.7 Å². The summed E-state index contributed by atoms with van der Waals surface area (Å²) in [5.74, 6) is -2.59. The van der Waals surface area contributed by atoms with Crippen LogP contribution in [0, 0.1) is 5.92 Å². The van der Waals surface area contributed by atoms with Gasteiger partial charge in [-0.15, -0.1) is 0 Å². The Balaban J connectivity index is 1.72. The lowest BCUT2D eigenvalue weighted by Gasteiger charge is -2.16. The fourth-order valence-corrected chi connectivity index (χ4v) is 3.14. The molecule has 0 spiro atoms. The minimum Gasteiger partial charge on any atom is -0.481 e. The highest BCUT2D eigenvalue weighted by Gasteiger charge is 2.40. The zero-order valence-electron chi connectivity index (χ0n) is 13.6. The van der Waals surface area contributed by atoms with E-state index in [-0.39, 0.29) is 25.6 Å². The fraction of sp³-hybridized carbons (Fsp3) is 0.353. The molecule has 2 aromatic rings. The Hall–Kier alpha value is -2.84. The fourth-order valence-electron chi connectivity index (χ4n) is 3.14. The number of carboxylic acids is 1. The van der Waals surface area contributed by atoms with Crippen molar-refractivity contribution in [2.45, 2.75) is 18.6 Å². The molecule has 1 aromatic carbocycles. The van der Waals surface area contributed by atoms with E-state index in [4.69, 9.17) is 0 Å². The Morgan fingerprint density at radius 2 is 1.85 bits per heavy atom. The molecule has 1 aromatic heterocycles. The van der Waals surface area contributed by atoms with Gasteiger partial charge in [0.15, 0.2) is 5.69 Å². The predicted molar refractivity (Wildman–Crippen MR) is 84.1 cm³/mol. The number of benzene rings is 1. The molecule has 26 heavy (non-hydrogen) atoms. The lowest BCUT2D eigenvalue weighted by atomic mass is 9.89. The third-order valence-corrected chi connectivity index (χ3v) is 4.45. The Kier molecular flexibility index (Phi) is 4.71. The highest BCUT2D eigenvalue weighted by molar-refractivity contribution is 5.79. The van der Waals surface area contributed by atoms with Gasteiger partial charge in [0.05, 0.1) is 5.92 Å². The molecule has 2 atom stereocenters. The predicted octanol–water partition coefficient (Wildman–Crippen LogP) is 2.23. The van der Waals surface area contributed by atoms with Crippen LogP contribution in [0.1, 0.15) is 17.2 Å². The summed E-state index contributed by atoms with van der Waals surface area (Å²) in [6.45, 7) is -0.155. The second kappa shape index (κ2) is 6.81. The minimum absolute atomic E-state index is 0.0150. The second-order valence-corrected chi connectivity index (χ2v) is 6.16. The first-order valence-electron chi connectivity index (χ1n) is 7.92. The molecule has 1 saturated heterocycles. The van der Waals surface area contributed by atoms with E-state index >= 15 is 0 Å². The Labute approximate surface area is 146 Å². The molecule has 0 radical (unpaired) electrons. The van der Waals surface area contributed by atoms with Gasteiger partial charge in [0.1, 0.15) is 6.54 Å². The van der Waals surface area contributed by atoms with Crippen LogP contribution in [-0.4, -0.2) is 44.8 Å². The Morgan fingerprint density at radius 1 is 1.15 bits per heavy atom. The molecule has 6 nitrogen and oxygen atoms in total. The van der Waals surface area contributed by atoms with Crippen molar-refractivity contribution >= 4 is 11.9 Å². The molecule has 9 heteroatoms. The van der Waals surface area contributed by atoms with E-state index in [0.29, 0.717) is 0 Å². The van der Waals surface area contributed by atoms with E-state index in [2.05, 4.69) is 5.10 Å². The third kappa shape index (κ3) is 3.71. The minimum atomic E-state index is -4.57. The molecule has 0 unspecified atom stereocenters. The van der Waals surface area contributed by atoms with Crippen LogP contribution in [0.2, 0.25) is 0 Å². The molecule has 2 heterocycles. The number of aliphatic carboxylic acids is 1. The van der Waals surface area contributed by atoms with Gasteiger partial charge in [-0.2, -0.15) is 18.3 Å². The quantitative estimate of drug-likeness (QED) is 0.899. The van der Waals surface area contributed by atoms with Crippen LogP contribution in [0.5, 0.6) is 0 Å². The van der Waals surface area contributed by atoms with Gasteiger partial charge < -0.3 is 10.0 Å². The number of likely N-dealkylation sites (tertiary alicyclic amines) is 1. The normalized spacial score (nSPS) is 20.3. The first-order chi connectivity index (χ1) is 12.3. The summed E-state index contributed by atoms with van der Waals surface area (Å²) in [5.41, 5.74) is -0.258. The van der Waals surface area contributed by atoms with Crippen LogP contribution in [0.4, 0.5) is 13.2 Å². The highest BCUT2D eigenvalue weighted by Crippen LogP contribution is 2.33. The van der Waals surface area contributed by atoms with E-state index in [1.165, 1.54) is 4.90 Å². The number of hydrogen-bond donors (Lipinski definition) is 1. The number of nitrogens with zero attached hydrogens (tertiary/aromatic N) is 3. The molecule has 138 valence electrons. The van der Waals surface area contributed by atoms with Gasteiger partial charge in [-0.25, -0.2) is 0 Å². The molecule has 0 saturated carbocycles. The lowest BCUT2D eigenvalue weighted by Crippen LogP contribution is -2.33. The average Bonchev–Trinajstić information content (AvgIpc) is 3.22. The molecular weight excluding hydrogens is 351 g/mol. The maximum atomic E-state index is 12.6. The maximum absolute atomic E-state index is 12.6. The molecule has 1 amide bonds. The van der Waals surface area contributed by atoms with Gasteiger partial charge in [-0.3, -0.25) is 14.3 Å². The van der Waals surface area contributed by atoms with Crippen molar-refractivity contribution in [3.05, 3.63) is 53.9 Å². The lowest BCUT2D eigenvalue weighted by molar-refractivity contribution is -0.143. The van der Waals surface area contributed by atoms with Crippen LogP contribution in [0.3, 0.4) is 0 Å². The third-order valence-electron chi connectivity index (χ3n) is 4.45. The smallest absolute Gasteiger partial charge is 0.435 e. The number of halogens is 3. The van der Waals surface area contributed by atoms with Gasteiger partial charge >= 0.3 is 12.1 Å². The van der Waals surface area contributed by atoms with E-state index in [9.17, 15) is 27.9 Å². The molecule has 1 aliphatic heterocycles. The zero-order valence-corrected chi connectivity index (χ0v) is 13.6. The van der Waals surface area contributed by atoms with Crippen LogP contribution in [-0.2, 0) is 22.3 Å². The van der Waals surface area contributed by atoms with Gasteiger partial charge in [-0.1, -0.05) is 30.3 Å². The van der Waals surface area contributed by atoms with Crippen molar-refractivity contribution in [2.75, 3.05) is 13.1 Å². The molecule has 3 rings (SSSR count). The van der Waals surface area contributed by atoms with Gasteiger partial charge in [0, 0.05) is 25.2 Å². The van der Waals surface area contributed by atoms with Crippen molar-refractivity contribution in [1.29, 1.82) is 0 Å². The number of rotatable bonds is 4. The summed E-state index contributed by atoms with van der Waals surface area (Å²) in [6, 6.07) is 9.80. The van der Waals surface area contributed by atoms with Crippen LogP contribution in [0.15, 0.2) is 42.6 Å². The van der Waals surface area contributed by atoms with Crippen LogP contribution < -0.4 is 0 Å². The number of carbonyl (C=O) groups is 2. The van der Waals surface area contributed by atoms with Gasteiger partial charge in [0.25, 0.3) is 0 Å². The van der Waals surface area contributed by atoms with Crippen molar-refractivity contribution in [2.24, 2.45) is 5.92 Å². The van der Waals surface area contributed by atoms with E-state index in [1.54, 1.807) is 24.3 Å². The maximum Gasteiger partial charge on any atom is 0.435 e. The summed E-state index contributed by atoms with van der Waals surface area (Å²) < 4.78 is 38.7. The molecule has 1 fully saturated rings. The first kappa shape index (κ1) is 18.0. The largest absolute Gasteiger partial charge is 0.481 e. The summed E-state index contributed by atoms with van der Waals surface area (Å²) in [7, 11) is 0. The van der Waals surface area contributed by atoms with Crippen LogP contribution in [0.25, 0.3) is 0 Å². The van der Waals surface area contributed by atoms with Gasteiger partial charge in [0.2, 0.25) is 5.91 Å². The topological polar surface area (TPSA) is 75.4 Å². The van der Waals surface area contributed by atoms with E-state index < -0.39 is 29.7 Å². The van der Waals surface area contributed by atoms with Crippen molar-refractivity contribution in [3.63, 3.8) is 0 Å². The van der Waals surface area contributed by atoms with Gasteiger partial charge in [-0.05, 0) is 11.6 Å². The average molecular weight is 367 g/mol. The first-order valence-corrected chi connectivity index (χ1v) is 7.92. The Bertz CT molecular complexity index is 804. The number of carbonyl (C=O) groups excluding carboxylic acids is 1. The molecule has 1 N–H and O–H groups in total. The molecule has 1 aliphatic rings. The van der Waals surface area contributed by atoms with E-state index in [0.717, 1.165) is 22.5 Å². The number of alkyl halides is 3. The molecular formula is C17H16F3N3O3. The zero-order chi connectivity index (χ0) is 18.9. The summed E-state index contributed by atoms with van der Waals surface area (Å²) in [4.78, 5) is 25.3. The van der Waals surface area contributed by atoms with Crippen molar-refractivity contribution in [3.8, 4) is 0 Å². The summed E-state index contributed by atoms with van der Waals surface area (Å²) >= 11 is 0. The molecule has 0 aliphatic carbocycles. The van der Waals surface area contributed by atoms with E-state index in [1.807, 2.05) is 6.07 Å². The Morgan fingerprint density at radius 3 is 2.42 bits per heavy atom. The standard InChI is InChI=1S/C17H16F3N3O3/c18-17(19,20)14-6-7-23(21-14)10-15(24)22-8-12(13(9-22)16(25)26)11-4-2-1-3-5-11/h1-7,12-13H,8-10H2,(H,25,26)/t12-,13-/m1/s1. The van der Waals surface area contributed by atoms with Crippen LogP contribution >= 0.6 is 0 Å². The highest BCUT2D eigenvalue weighted by atomic mass is 19.4. The molecule has 0 bridgehead atoms. The number of aromatic nitrogens is 2. The SMILES string of the molecule is O=C(O)[C@@H]1CN(C(=O)Cn2ccc(C(F)(F)F)n2)C[C@@H]1c1ccccc1. The second-order valence-electron chi connectivity index (χ2n) is 6.16. The summed E-state index contributed by atoms with van der Waals surface area (Å²) in [5, 5.41) is 12.8. The number of carboxylic acid groups (broad SMARTS) is 1. The number of amides is 1. The van der Waals surface area contributed by atoms with Crippen molar-refractivity contribution < 1.29 is 27.9 Å². The monoisotopic (exact) mass is 367 g/mol.